The van der Waals surface area contributed by atoms with Gasteiger partial charge in [-0.25, -0.2) is 0 Å². The lowest BCUT2D eigenvalue weighted by molar-refractivity contribution is -0.229. The predicted molar refractivity (Wildman–Crippen MR) is 68.3 cm³/mol. The van der Waals surface area contributed by atoms with Crippen molar-refractivity contribution >= 4 is 17.9 Å². The average Bonchev–Trinajstić information content (AvgIpc) is 2.37. The van der Waals surface area contributed by atoms with Crippen LogP contribution in [0.1, 0.15) is 20.8 Å². The summed E-state index contributed by atoms with van der Waals surface area (Å²) in [6.45, 7) is 3.74. The third kappa shape index (κ3) is 5.31. The van der Waals surface area contributed by atoms with Crippen LogP contribution in [0.25, 0.3) is 0 Å². The highest BCUT2D eigenvalue weighted by atomic mass is 16.6. The Bertz CT molecular complexity index is 394. The molecule has 1 rings (SSSR count). The Labute approximate surface area is 122 Å². The smallest absolute Gasteiger partial charge is 0.303 e. The Morgan fingerprint density at radius 3 is 2.05 bits per heavy atom. The van der Waals surface area contributed by atoms with Crippen LogP contribution in [0.5, 0.6) is 0 Å². The van der Waals surface area contributed by atoms with Gasteiger partial charge in [-0.3, -0.25) is 14.4 Å². The van der Waals surface area contributed by atoms with E-state index in [2.05, 4.69) is 0 Å². The maximum Gasteiger partial charge on any atom is 0.303 e. The standard InChI is InChI=1S/C13H20O8/c1-7(14)18-6-11-13(21-9(3)16)12(20-8(2)15)10(17-4)5-19-11/h10-13H,5-6H2,1-4H3/t10-,11-,12+,13-/m1/s1. The van der Waals surface area contributed by atoms with E-state index in [1.807, 2.05) is 0 Å². The molecular formula is C13H20O8. The van der Waals surface area contributed by atoms with Crippen LogP contribution in [0.3, 0.4) is 0 Å². The van der Waals surface area contributed by atoms with Gasteiger partial charge in [-0.15, -0.1) is 0 Å². The van der Waals surface area contributed by atoms with E-state index in [-0.39, 0.29) is 13.2 Å². The fourth-order valence-corrected chi connectivity index (χ4v) is 2.05. The van der Waals surface area contributed by atoms with Gasteiger partial charge in [0.05, 0.1) is 6.61 Å². The summed E-state index contributed by atoms with van der Waals surface area (Å²) >= 11 is 0. The van der Waals surface area contributed by atoms with Crippen molar-refractivity contribution in [1.82, 2.24) is 0 Å². The maximum absolute atomic E-state index is 11.3. The first-order valence-corrected chi connectivity index (χ1v) is 6.47. The monoisotopic (exact) mass is 304 g/mol. The zero-order chi connectivity index (χ0) is 16.0. The molecule has 0 aromatic rings. The zero-order valence-electron chi connectivity index (χ0n) is 12.5. The van der Waals surface area contributed by atoms with Gasteiger partial charge in [0, 0.05) is 27.9 Å². The lowest BCUT2D eigenvalue weighted by atomic mass is 9.99. The molecular weight excluding hydrogens is 284 g/mol. The van der Waals surface area contributed by atoms with Crippen LogP contribution < -0.4 is 0 Å². The second-order valence-corrected chi connectivity index (χ2v) is 4.60. The molecule has 0 aromatic carbocycles. The number of ether oxygens (including phenoxy) is 5. The average molecular weight is 304 g/mol. The zero-order valence-corrected chi connectivity index (χ0v) is 12.5. The lowest BCUT2D eigenvalue weighted by Gasteiger charge is -2.40. The normalized spacial score (nSPS) is 28.6. The van der Waals surface area contributed by atoms with E-state index in [1.165, 1.54) is 27.9 Å². The molecule has 21 heavy (non-hydrogen) atoms. The number of hydrogen-bond acceptors (Lipinski definition) is 8. The third-order valence-electron chi connectivity index (χ3n) is 2.89. The van der Waals surface area contributed by atoms with E-state index in [0.29, 0.717) is 0 Å². The highest BCUT2D eigenvalue weighted by molar-refractivity contribution is 5.67. The van der Waals surface area contributed by atoms with Gasteiger partial charge >= 0.3 is 17.9 Å². The Morgan fingerprint density at radius 2 is 1.57 bits per heavy atom. The molecule has 120 valence electrons. The van der Waals surface area contributed by atoms with Crippen LogP contribution in [0.4, 0.5) is 0 Å². The Hall–Kier alpha value is -1.67. The summed E-state index contributed by atoms with van der Waals surface area (Å²) in [6, 6.07) is 0. The molecule has 0 unspecified atom stereocenters. The van der Waals surface area contributed by atoms with Crippen LogP contribution in [0.2, 0.25) is 0 Å². The fraction of sp³-hybridized carbons (Fsp3) is 0.769. The largest absolute Gasteiger partial charge is 0.463 e. The second-order valence-electron chi connectivity index (χ2n) is 4.60. The number of hydrogen-bond donors (Lipinski definition) is 0. The summed E-state index contributed by atoms with van der Waals surface area (Å²) in [4.78, 5) is 33.4. The minimum Gasteiger partial charge on any atom is -0.463 e. The number of carbonyl (C=O) groups excluding carboxylic acids is 3. The van der Waals surface area contributed by atoms with E-state index in [0.717, 1.165) is 0 Å². The first kappa shape index (κ1) is 17.4. The van der Waals surface area contributed by atoms with Crippen molar-refractivity contribution in [1.29, 1.82) is 0 Å². The molecule has 1 heterocycles. The van der Waals surface area contributed by atoms with E-state index < -0.39 is 42.3 Å². The fourth-order valence-electron chi connectivity index (χ4n) is 2.05. The van der Waals surface area contributed by atoms with Crippen LogP contribution in [0.15, 0.2) is 0 Å². The Balaban J connectivity index is 2.89. The summed E-state index contributed by atoms with van der Waals surface area (Å²) in [6.07, 6.45) is -3.05. The van der Waals surface area contributed by atoms with Crippen LogP contribution in [-0.4, -0.2) is 62.6 Å². The van der Waals surface area contributed by atoms with Crippen molar-refractivity contribution in [2.45, 2.75) is 45.2 Å². The van der Waals surface area contributed by atoms with Crippen molar-refractivity contribution in [3.63, 3.8) is 0 Å². The first-order chi connectivity index (χ1) is 9.85. The maximum atomic E-state index is 11.3. The van der Waals surface area contributed by atoms with Crippen molar-refractivity contribution < 1.29 is 38.1 Å². The highest BCUT2D eigenvalue weighted by Gasteiger charge is 2.45. The number of rotatable bonds is 5. The summed E-state index contributed by atoms with van der Waals surface area (Å²) in [5.74, 6) is -1.59. The molecule has 0 N–H and O–H groups in total. The molecule has 0 spiro atoms. The molecule has 0 radical (unpaired) electrons. The van der Waals surface area contributed by atoms with Gasteiger partial charge in [0.1, 0.15) is 18.8 Å². The van der Waals surface area contributed by atoms with E-state index in [1.54, 1.807) is 0 Å². The molecule has 0 aliphatic carbocycles. The summed E-state index contributed by atoms with van der Waals surface area (Å²) in [5.41, 5.74) is 0. The van der Waals surface area contributed by atoms with Gasteiger partial charge < -0.3 is 23.7 Å². The predicted octanol–water partition coefficient (Wildman–Crippen LogP) is -0.173. The van der Waals surface area contributed by atoms with E-state index in [9.17, 15) is 14.4 Å². The quantitative estimate of drug-likeness (QED) is 0.510. The first-order valence-electron chi connectivity index (χ1n) is 6.47. The molecule has 0 saturated carbocycles. The number of methoxy groups -OCH3 is 1. The molecule has 0 amide bonds. The number of carbonyl (C=O) groups is 3. The number of esters is 3. The summed E-state index contributed by atoms with van der Waals surface area (Å²) < 4.78 is 25.9. The molecule has 1 aliphatic heterocycles. The lowest BCUT2D eigenvalue weighted by Crippen LogP contribution is -2.58. The molecule has 4 atom stereocenters. The molecule has 1 fully saturated rings. The molecule has 8 heteroatoms. The minimum absolute atomic E-state index is 0.110. The SMILES string of the molecule is CO[C@@H]1CO[C@H](COC(C)=O)[C@@H](OC(C)=O)[C@H]1OC(C)=O. The van der Waals surface area contributed by atoms with Gasteiger partial charge in [0.25, 0.3) is 0 Å². The van der Waals surface area contributed by atoms with Gasteiger partial charge in [-0.05, 0) is 0 Å². The minimum atomic E-state index is -0.913. The van der Waals surface area contributed by atoms with Gasteiger partial charge in [0.2, 0.25) is 0 Å². The van der Waals surface area contributed by atoms with E-state index in [4.69, 9.17) is 23.7 Å². The van der Waals surface area contributed by atoms with Gasteiger partial charge in [0.15, 0.2) is 12.2 Å². The van der Waals surface area contributed by atoms with Crippen LogP contribution in [-0.2, 0) is 38.1 Å². The van der Waals surface area contributed by atoms with Gasteiger partial charge in [-0.2, -0.15) is 0 Å². The molecule has 0 bridgehead atoms. The van der Waals surface area contributed by atoms with Crippen molar-refractivity contribution in [3.8, 4) is 0 Å². The third-order valence-corrected chi connectivity index (χ3v) is 2.89. The summed E-state index contributed by atoms with van der Waals surface area (Å²) in [5, 5.41) is 0. The topological polar surface area (TPSA) is 97.4 Å². The van der Waals surface area contributed by atoms with E-state index >= 15 is 0 Å². The summed E-state index contributed by atoms with van der Waals surface area (Å²) in [7, 11) is 1.43. The molecule has 1 aliphatic rings. The Morgan fingerprint density at radius 1 is 1.00 bits per heavy atom. The second kappa shape index (κ2) is 7.94. The van der Waals surface area contributed by atoms with Crippen molar-refractivity contribution in [2.75, 3.05) is 20.3 Å². The molecule has 1 saturated heterocycles. The van der Waals surface area contributed by atoms with Crippen molar-refractivity contribution in [2.24, 2.45) is 0 Å². The molecule has 0 aromatic heterocycles. The van der Waals surface area contributed by atoms with Gasteiger partial charge in [-0.1, -0.05) is 0 Å². The molecule has 8 nitrogen and oxygen atoms in total. The highest BCUT2D eigenvalue weighted by Crippen LogP contribution is 2.24. The Kier molecular flexibility index (Phi) is 6.57. The van der Waals surface area contributed by atoms with Crippen LogP contribution >= 0.6 is 0 Å². The van der Waals surface area contributed by atoms with Crippen LogP contribution in [0, 0.1) is 0 Å². The van der Waals surface area contributed by atoms with Crippen molar-refractivity contribution in [3.05, 3.63) is 0 Å².